The van der Waals surface area contributed by atoms with Crippen LogP contribution in [0.5, 0.6) is 0 Å². The molecule has 0 bridgehead atoms. The number of benzene rings is 1. The molecule has 1 rings (SSSR count). The topological polar surface area (TPSA) is 69.6 Å². The minimum atomic E-state index is -1.10. The molecule has 2 amide bonds. The molecule has 1 aromatic rings. The van der Waals surface area contributed by atoms with Crippen LogP contribution in [0.25, 0.3) is 0 Å². The molecule has 0 spiro atoms. The van der Waals surface area contributed by atoms with Gasteiger partial charge in [-0.15, -0.1) is 0 Å². The Morgan fingerprint density at radius 2 is 1.76 bits per heavy atom. The lowest BCUT2D eigenvalue weighted by Crippen LogP contribution is -2.41. The van der Waals surface area contributed by atoms with Crippen molar-refractivity contribution in [1.29, 1.82) is 0 Å². The van der Waals surface area contributed by atoms with E-state index in [1.807, 2.05) is 13.8 Å². The number of nitrogens with zero attached hydrogens (tertiary/aromatic N) is 1. The van der Waals surface area contributed by atoms with Gasteiger partial charge in [-0.2, -0.15) is 0 Å². The van der Waals surface area contributed by atoms with Gasteiger partial charge in [-0.1, -0.05) is 48.7 Å². The predicted molar refractivity (Wildman–Crippen MR) is 84.5 cm³/mol. The van der Waals surface area contributed by atoms with Crippen LogP contribution >= 0.6 is 34.8 Å². The van der Waals surface area contributed by atoms with Crippen LogP contribution in [-0.4, -0.2) is 35.1 Å². The second kappa shape index (κ2) is 7.73. The van der Waals surface area contributed by atoms with Crippen LogP contribution < -0.4 is 5.32 Å². The molecule has 0 aliphatic heterocycles. The largest absolute Gasteiger partial charge is 0.480 e. The third-order valence-corrected chi connectivity index (χ3v) is 3.25. The number of rotatable bonds is 5. The number of urea groups is 1. The van der Waals surface area contributed by atoms with Gasteiger partial charge < -0.3 is 15.3 Å². The molecular formula is C13H15Cl3N2O3. The summed E-state index contributed by atoms with van der Waals surface area (Å²) < 4.78 is 0. The smallest absolute Gasteiger partial charge is 0.323 e. The molecule has 0 saturated carbocycles. The van der Waals surface area contributed by atoms with Crippen molar-refractivity contribution >= 4 is 52.5 Å². The van der Waals surface area contributed by atoms with Crippen molar-refractivity contribution in [3.8, 4) is 0 Å². The van der Waals surface area contributed by atoms with E-state index >= 15 is 0 Å². The van der Waals surface area contributed by atoms with E-state index in [0.717, 1.165) is 0 Å². The molecule has 0 aromatic heterocycles. The van der Waals surface area contributed by atoms with Crippen molar-refractivity contribution < 1.29 is 14.7 Å². The van der Waals surface area contributed by atoms with Gasteiger partial charge in [0.1, 0.15) is 6.54 Å². The van der Waals surface area contributed by atoms with Crippen molar-refractivity contribution in [3.05, 3.63) is 27.2 Å². The molecule has 0 atom stereocenters. The van der Waals surface area contributed by atoms with E-state index in [-0.39, 0.29) is 21.7 Å². The summed E-state index contributed by atoms with van der Waals surface area (Å²) in [6, 6.07) is 2.29. The molecule has 5 nitrogen and oxygen atoms in total. The van der Waals surface area contributed by atoms with Crippen molar-refractivity contribution in [3.63, 3.8) is 0 Å². The molecule has 0 aliphatic rings. The Hall–Kier alpha value is -1.17. The molecule has 0 heterocycles. The summed E-state index contributed by atoms with van der Waals surface area (Å²) in [6.45, 7) is 3.64. The van der Waals surface area contributed by atoms with Crippen LogP contribution in [-0.2, 0) is 4.79 Å². The number of carbonyl (C=O) groups excluding carboxylic acids is 1. The molecule has 116 valence electrons. The zero-order chi connectivity index (χ0) is 16.2. The summed E-state index contributed by atoms with van der Waals surface area (Å²) in [6.07, 6.45) is 0. The molecule has 1 aromatic carbocycles. The fraction of sp³-hybridized carbons (Fsp3) is 0.385. The van der Waals surface area contributed by atoms with Crippen molar-refractivity contribution in [2.45, 2.75) is 13.8 Å². The molecule has 0 saturated heterocycles. The van der Waals surface area contributed by atoms with Gasteiger partial charge in [-0.3, -0.25) is 4.79 Å². The number of hydrogen-bond donors (Lipinski definition) is 2. The zero-order valence-corrected chi connectivity index (χ0v) is 13.8. The van der Waals surface area contributed by atoms with Crippen LogP contribution in [0, 0.1) is 5.92 Å². The fourth-order valence-electron chi connectivity index (χ4n) is 1.67. The molecule has 0 fully saturated rings. The average Bonchev–Trinajstić information content (AvgIpc) is 2.31. The molecule has 0 aliphatic carbocycles. The second-order valence-corrected chi connectivity index (χ2v) is 6.09. The first-order valence-corrected chi connectivity index (χ1v) is 7.26. The third-order valence-electron chi connectivity index (χ3n) is 2.44. The summed E-state index contributed by atoms with van der Waals surface area (Å²) in [5.41, 5.74) is 0.201. The number of carbonyl (C=O) groups is 2. The number of amides is 2. The van der Waals surface area contributed by atoms with Gasteiger partial charge in [0, 0.05) is 11.6 Å². The number of hydrogen-bond acceptors (Lipinski definition) is 2. The van der Waals surface area contributed by atoms with Gasteiger partial charge in [-0.05, 0) is 18.1 Å². The second-order valence-electron chi connectivity index (χ2n) is 4.84. The van der Waals surface area contributed by atoms with Gasteiger partial charge in [-0.25, -0.2) is 4.79 Å². The number of halogens is 3. The lowest BCUT2D eigenvalue weighted by atomic mass is 10.2. The van der Waals surface area contributed by atoms with Gasteiger partial charge in [0.15, 0.2) is 0 Å². The lowest BCUT2D eigenvalue weighted by Gasteiger charge is -2.23. The maximum atomic E-state index is 12.2. The zero-order valence-electron chi connectivity index (χ0n) is 11.5. The number of nitrogens with one attached hydrogen (secondary N) is 1. The highest BCUT2D eigenvalue weighted by Gasteiger charge is 2.20. The molecule has 21 heavy (non-hydrogen) atoms. The quantitative estimate of drug-likeness (QED) is 0.832. The van der Waals surface area contributed by atoms with E-state index in [1.165, 1.54) is 17.0 Å². The van der Waals surface area contributed by atoms with Gasteiger partial charge in [0.05, 0.1) is 15.7 Å². The Bertz CT molecular complexity index is 526. The molecular weight excluding hydrogens is 339 g/mol. The van der Waals surface area contributed by atoms with Crippen molar-refractivity contribution in [1.82, 2.24) is 4.90 Å². The highest BCUT2D eigenvalue weighted by atomic mass is 35.5. The Morgan fingerprint density at radius 3 is 2.19 bits per heavy atom. The minimum absolute atomic E-state index is 0.117. The standard InChI is InChI=1S/C13H15Cl3N2O3/c1-7(2)5-18(6-11(19)20)13(21)17-12-9(15)3-8(14)4-10(12)16/h3-4,7H,5-6H2,1-2H3,(H,17,21)(H,19,20). The van der Waals surface area contributed by atoms with Crippen LogP contribution in [0.4, 0.5) is 10.5 Å². The summed E-state index contributed by atoms with van der Waals surface area (Å²) in [4.78, 5) is 24.2. The predicted octanol–water partition coefficient (Wildman–Crippen LogP) is 4.22. The first kappa shape index (κ1) is 17.9. The van der Waals surface area contributed by atoms with Gasteiger partial charge >= 0.3 is 12.0 Å². The van der Waals surface area contributed by atoms with Gasteiger partial charge in [0.2, 0.25) is 0 Å². The normalized spacial score (nSPS) is 10.6. The van der Waals surface area contributed by atoms with Crippen molar-refractivity contribution in [2.75, 3.05) is 18.4 Å². The van der Waals surface area contributed by atoms with Crippen LogP contribution in [0.1, 0.15) is 13.8 Å². The summed E-state index contributed by atoms with van der Waals surface area (Å²) in [5.74, 6) is -0.981. The molecule has 0 unspecified atom stereocenters. The Kier molecular flexibility index (Phi) is 6.58. The number of anilines is 1. The molecule has 8 heteroatoms. The van der Waals surface area contributed by atoms with Crippen molar-refractivity contribution in [2.24, 2.45) is 5.92 Å². The molecule has 0 radical (unpaired) electrons. The molecule has 2 N–H and O–H groups in total. The van der Waals surface area contributed by atoms with E-state index in [0.29, 0.717) is 11.6 Å². The van der Waals surface area contributed by atoms with E-state index in [4.69, 9.17) is 39.9 Å². The maximum Gasteiger partial charge on any atom is 0.323 e. The highest BCUT2D eigenvalue weighted by molar-refractivity contribution is 6.42. The number of aliphatic carboxylic acids is 1. The maximum absolute atomic E-state index is 12.2. The SMILES string of the molecule is CC(C)CN(CC(=O)O)C(=O)Nc1c(Cl)cc(Cl)cc1Cl. The Labute approximate surface area is 137 Å². The van der Waals surface area contributed by atoms with E-state index in [2.05, 4.69) is 5.32 Å². The Morgan fingerprint density at radius 1 is 1.24 bits per heavy atom. The van der Waals surface area contributed by atoms with Gasteiger partial charge in [0.25, 0.3) is 0 Å². The first-order valence-electron chi connectivity index (χ1n) is 6.13. The monoisotopic (exact) mass is 352 g/mol. The van der Waals surface area contributed by atoms with Crippen LogP contribution in [0.2, 0.25) is 15.1 Å². The number of carboxylic acids is 1. The van der Waals surface area contributed by atoms with E-state index in [1.54, 1.807) is 0 Å². The number of carboxylic acid groups (broad SMARTS) is 1. The third kappa shape index (κ3) is 5.61. The van der Waals surface area contributed by atoms with Crippen LogP contribution in [0.3, 0.4) is 0 Å². The van der Waals surface area contributed by atoms with E-state index in [9.17, 15) is 9.59 Å². The first-order chi connectivity index (χ1) is 9.70. The average molecular weight is 354 g/mol. The lowest BCUT2D eigenvalue weighted by molar-refractivity contribution is -0.137. The fourth-order valence-corrected chi connectivity index (χ4v) is 2.58. The summed E-state index contributed by atoms with van der Waals surface area (Å²) in [5, 5.41) is 12.1. The Balaban J connectivity index is 2.93. The minimum Gasteiger partial charge on any atom is -0.480 e. The van der Waals surface area contributed by atoms with E-state index < -0.39 is 18.5 Å². The van der Waals surface area contributed by atoms with Crippen LogP contribution in [0.15, 0.2) is 12.1 Å². The summed E-state index contributed by atoms with van der Waals surface area (Å²) in [7, 11) is 0. The highest BCUT2D eigenvalue weighted by Crippen LogP contribution is 2.33. The summed E-state index contributed by atoms with van der Waals surface area (Å²) >= 11 is 17.7.